The molecule has 0 bridgehead atoms. The summed E-state index contributed by atoms with van der Waals surface area (Å²) in [5.41, 5.74) is 3.82. The van der Waals surface area contributed by atoms with Gasteiger partial charge >= 0.3 is 0 Å². The van der Waals surface area contributed by atoms with Crippen molar-refractivity contribution in [3.8, 4) is 16.2 Å². The molecule has 5 rings (SSSR count). The van der Waals surface area contributed by atoms with Gasteiger partial charge in [0.15, 0.2) is 0 Å². The molecule has 4 N–H and O–H groups in total. The highest BCUT2D eigenvalue weighted by Gasteiger charge is 2.22. The Balaban J connectivity index is 1.21. The number of aryl methyl sites for hydroxylation is 1. The van der Waals surface area contributed by atoms with Crippen LogP contribution in [0.4, 0.5) is 0 Å². The Morgan fingerprint density at radius 1 is 1.11 bits per heavy atom. The van der Waals surface area contributed by atoms with Gasteiger partial charge in [0.1, 0.15) is 11.9 Å². The van der Waals surface area contributed by atoms with Gasteiger partial charge in [0, 0.05) is 27.9 Å². The second kappa shape index (κ2) is 12.4. The zero-order valence-corrected chi connectivity index (χ0v) is 23.2. The van der Waals surface area contributed by atoms with E-state index in [1.807, 2.05) is 32.0 Å². The monoisotopic (exact) mass is 533 g/mol. The predicted octanol–water partition coefficient (Wildman–Crippen LogP) is 5.35. The number of aliphatic hydroxyl groups is 1. The van der Waals surface area contributed by atoms with Crippen molar-refractivity contribution in [3.05, 3.63) is 76.2 Å². The summed E-state index contributed by atoms with van der Waals surface area (Å²) in [6.45, 7) is 6.76. The maximum absolute atomic E-state index is 13.3. The largest absolute Gasteiger partial charge is 0.490 e. The Bertz CT molecular complexity index is 1240. The van der Waals surface area contributed by atoms with Crippen molar-refractivity contribution < 1.29 is 14.6 Å². The summed E-state index contributed by atoms with van der Waals surface area (Å²) in [5.74, 6) is 0.673. The Hall–Kier alpha value is -2.71. The standard InChI is InChI=1S/C31H39N3O3S/c1-20-6-9-27(37-26-12-14-32-15-13-26)18-29(20)31(36)34-21(2)22-4-3-5-23(16-22)30-11-10-28(38-30)19-33-24-7-8-25(35)17-24/h3-6,9-11,16,18,21,24-26,32-33,35H,7-8,12-15,17,19H2,1-2H3,(H,34,36)/t21-,24+,25-/m1/s1. The molecule has 0 unspecified atom stereocenters. The zero-order chi connectivity index (χ0) is 26.5. The Kier molecular flexibility index (Phi) is 8.79. The van der Waals surface area contributed by atoms with Gasteiger partial charge in [-0.1, -0.05) is 24.3 Å². The number of amides is 1. The highest BCUT2D eigenvalue weighted by Crippen LogP contribution is 2.31. The lowest BCUT2D eigenvalue weighted by Crippen LogP contribution is -2.34. The highest BCUT2D eigenvalue weighted by molar-refractivity contribution is 7.15. The minimum atomic E-state index is -0.155. The summed E-state index contributed by atoms with van der Waals surface area (Å²) in [6.07, 6.45) is 4.79. The number of piperidine rings is 1. The second-order valence-electron chi connectivity index (χ2n) is 10.7. The summed E-state index contributed by atoms with van der Waals surface area (Å²) in [5, 5.41) is 19.9. The van der Waals surface area contributed by atoms with Gasteiger partial charge in [-0.25, -0.2) is 0 Å². The molecule has 1 aliphatic carbocycles. The first kappa shape index (κ1) is 26.9. The van der Waals surface area contributed by atoms with E-state index in [2.05, 4.69) is 52.3 Å². The van der Waals surface area contributed by atoms with Crippen LogP contribution in [0, 0.1) is 6.92 Å². The third-order valence-corrected chi connectivity index (χ3v) is 8.83. The molecule has 1 aromatic heterocycles. The Labute approximate surface area is 229 Å². The average molecular weight is 534 g/mol. The second-order valence-corrected chi connectivity index (χ2v) is 11.8. The zero-order valence-electron chi connectivity index (χ0n) is 22.3. The SMILES string of the molecule is Cc1ccc(OC2CCNCC2)cc1C(=O)N[C@H](C)c1cccc(-c2ccc(CN[C@H]3CC[C@@H](O)C3)s2)c1. The number of aliphatic hydroxyl groups excluding tert-OH is 1. The molecule has 1 saturated carbocycles. The van der Waals surface area contributed by atoms with Gasteiger partial charge in [0.25, 0.3) is 5.91 Å². The number of carbonyl (C=O) groups excluding carboxylic acids is 1. The number of rotatable bonds is 9. The summed E-state index contributed by atoms with van der Waals surface area (Å²) < 4.78 is 6.17. The molecule has 2 heterocycles. The van der Waals surface area contributed by atoms with Crippen LogP contribution in [0.1, 0.15) is 71.4 Å². The molecular formula is C31H39N3O3S. The number of hydrogen-bond acceptors (Lipinski definition) is 6. The van der Waals surface area contributed by atoms with Crippen molar-refractivity contribution in [2.75, 3.05) is 13.1 Å². The van der Waals surface area contributed by atoms with Crippen molar-refractivity contribution in [2.45, 2.75) is 76.8 Å². The fourth-order valence-corrected chi connectivity index (χ4v) is 6.31. The Morgan fingerprint density at radius 2 is 1.95 bits per heavy atom. The molecule has 7 heteroatoms. The molecule has 1 saturated heterocycles. The van der Waals surface area contributed by atoms with Crippen molar-refractivity contribution in [1.82, 2.24) is 16.0 Å². The molecule has 2 fully saturated rings. The molecular weight excluding hydrogens is 494 g/mol. The molecule has 38 heavy (non-hydrogen) atoms. The first-order valence-corrected chi connectivity index (χ1v) is 14.7. The van der Waals surface area contributed by atoms with Crippen molar-refractivity contribution in [2.24, 2.45) is 0 Å². The van der Waals surface area contributed by atoms with Crippen LogP contribution in [0.5, 0.6) is 5.75 Å². The lowest BCUT2D eigenvalue weighted by atomic mass is 10.0. The highest BCUT2D eigenvalue weighted by atomic mass is 32.1. The lowest BCUT2D eigenvalue weighted by Gasteiger charge is -2.24. The van der Waals surface area contributed by atoms with Crippen molar-refractivity contribution in [1.29, 1.82) is 0 Å². The summed E-state index contributed by atoms with van der Waals surface area (Å²) >= 11 is 1.79. The number of carbonyl (C=O) groups is 1. The first-order valence-electron chi connectivity index (χ1n) is 13.8. The molecule has 202 valence electrons. The third-order valence-electron chi connectivity index (χ3n) is 7.69. The Morgan fingerprint density at radius 3 is 2.74 bits per heavy atom. The van der Waals surface area contributed by atoms with Gasteiger partial charge in [-0.05, 0) is 106 Å². The van der Waals surface area contributed by atoms with E-state index in [1.165, 1.54) is 9.75 Å². The molecule has 1 amide bonds. The van der Waals surface area contributed by atoms with Crippen LogP contribution in [0.25, 0.3) is 10.4 Å². The fourth-order valence-electron chi connectivity index (χ4n) is 5.36. The van der Waals surface area contributed by atoms with Gasteiger partial charge in [-0.15, -0.1) is 11.3 Å². The van der Waals surface area contributed by atoms with Gasteiger partial charge in [0.2, 0.25) is 0 Å². The first-order chi connectivity index (χ1) is 18.4. The number of nitrogens with one attached hydrogen (secondary N) is 3. The third kappa shape index (κ3) is 6.83. The van der Waals surface area contributed by atoms with Crippen LogP contribution >= 0.6 is 11.3 Å². The smallest absolute Gasteiger partial charge is 0.252 e. The topological polar surface area (TPSA) is 82.6 Å². The number of ether oxygens (including phenoxy) is 1. The van der Waals surface area contributed by atoms with E-state index >= 15 is 0 Å². The van der Waals surface area contributed by atoms with E-state index in [4.69, 9.17) is 4.74 Å². The van der Waals surface area contributed by atoms with Gasteiger partial charge in [0.05, 0.1) is 12.1 Å². The molecule has 3 aromatic rings. The van der Waals surface area contributed by atoms with Crippen molar-refractivity contribution in [3.63, 3.8) is 0 Å². The predicted molar refractivity (Wildman–Crippen MR) is 154 cm³/mol. The molecule has 2 aromatic carbocycles. The number of hydrogen-bond donors (Lipinski definition) is 4. The molecule has 6 nitrogen and oxygen atoms in total. The van der Waals surface area contributed by atoms with Gasteiger partial charge < -0.3 is 25.8 Å². The summed E-state index contributed by atoms with van der Waals surface area (Å²) in [6, 6.07) is 18.9. The quantitative estimate of drug-likeness (QED) is 0.298. The molecule has 0 radical (unpaired) electrons. The average Bonchev–Trinajstić information content (AvgIpc) is 3.58. The maximum Gasteiger partial charge on any atom is 0.252 e. The normalized spacial score (nSPS) is 20.8. The van der Waals surface area contributed by atoms with Crippen LogP contribution in [-0.4, -0.2) is 42.4 Å². The van der Waals surface area contributed by atoms with E-state index in [-0.39, 0.29) is 24.2 Å². The van der Waals surface area contributed by atoms with E-state index in [0.29, 0.717) is 11.6 Å². The number of benzene rings is 2. The molecule has 2 aliphatic rings. The van der Waals surface area contributed by atoms with Crippen molar-refractivity contribution >= 4 is 17.2 Å². The fraction of sp³-hybridized carbons (Fsp3) is 0.452. The number of thiophene rings is 1. The van der Waals surface area contributed by atoms with Gasteiger partial charge in [-0.3, -0.25) is 4.79 Å². The van der Waals surface area contributed by atoms with Crippen LogP contribution in [0.2, 0.25) is 0 Å². The lowest BCUT2D eigenvalue weighted by molar-refractivity contribution is 0.0938. The molecule has 3 atom stereocenters. The van der Waals surface area contributed by atoms with E-state index in [1.54, 1.807) is 11.3 Å². The summed E-state index contributed by atoms with van der Waals surface area (Å²) in [4.78, 5) is 15.8. The maximum atomic E-state index is 13.3. The van der Waals surface area contributed by atoms with Crippen LogP contribution in [0.3, 0.4) is 0 Å². The van der Waals surface area contributed by atoms with Gasteiger partial charge in [-0.2, -0.15) is 0 Å². The molecule has 1 aliphatic heterocycles. The minimum absolute atomic E-state index is 0.0855. The van der Waals surface area contributed by atoms with Crippen LogP contribution < -0.4 is 20.7 Å². The minimum Gasteiger partial charge on any atom is -0.490 e. The van der Waals surface area contributed by atoms with Crippen LogP contribution in [0.15, 0.2) is 54.6 Å². The summed E-state index contributed by atoms with van der Waals surface area (Å²) in [7, 11) is 0. The van der Waals surface area contributed by atoms with Crippen LogP contribution in [-0.2, 0) is 6.54 Å². The molecule has 0 spiro atoms. The van der Waals surface area contributed by atoms with E-state index < -0.39 is 0 Å². The van der Waals surface area contributed by atoms with E-state index in [9.17, 15) is 9.90 Å². The van der Waals surface area contributed by atoms with E-state index in [0.717, 1.165) is 74.2 Å².